The molecule has 2 fully saturated rings. The van der Waals surface area contributed by atoms with Crippen molar-refractivity contribution in [2.75, 3.05) is 13.2 Å². The summed E-state index contributed by atoms with van der Waals surface area (Å²) in [6.45, 7) is 7.61. The Morgan fingerprint density at radius 3 is 2.93 bits per heavy atom. The number of hydrogen-bond donors (Lipinski definition) is 1. The highest BCUT2D eigenvalue weighted by Gasteiger charge is 2.59. The third kappa shape index (κ3) is 3.86. The molecule has 5 nitrogen and oxygen atoms in total. The van der Waals surface area contributed by atoms with Gasteiger partial charge in [-0.1, -0.05) is 12.5 Å². The molecule has 1 N–H and O–H groups in total. The van der Waals surface area contributed by atoms with Crippen molar-refractivity contribution in [3.05, 3.63) is 52.4 Å². The largest absolute Gasteiger partial charge is 0.489 e. The van der Waals surface area contributed by atoms with Crippen molar-refractivity contribution >= 4 is 11.0 Å². The van der Waals surface area contributed by atoms with Gasteiger partial charge in [0.1, 0.15) is 17.9 Å². The van der Waals surface area contributed by atoms with Crippen LogP contribution < -0.4 is 10.4 Å². The van der Waals surface area contributed by atoms with Crippen molar-refractivity contribution in [1.82, 2.24) is 0 Å². The van der Waals surface area contributed by atoms with Crippen molar-refractivity contribution in [1.29, 1.82) is 0 Å². The van der Waals surface area contributed by atoms with Gasteiger partial charge in [0.05, 0.1) is 18.3 Å². The molecule has 2 aromatic rings. The number of hydrogen-bond acceptors (Lipinski definition) is 5. The Morgan fingerprint density at radius 1 is 1.31 bits per heavy atom. The number of allylic oxidation sites excluding steroid dienone is 1. The molecule has 156 valence electrons. The van der Waals surface area contributed by atoms with Gasteiger partial charge in [-0.3, -0.25) is 0 Å². The molecule has 4 rings (SSSR count). The van der Waals surface area contributed by atoms with Crippen molar-refractivity contribution in [2.24, 2.45) is 11.3 Å². The van der Waals surface area contributed by atoms with E-state index >= 15 is 0 Å². The zero-order chi connectivity index (χ0) is 20.6. The molecule has 4 unspecified atom stereocenters. The van der Waals surface area contributed by atoms with Gasteiger partial charge in [0, 0.05) is 22.9 Å². The summed E-state index contributed by atoms with van der Waals surface area (Å²) in [5.74, 6) is 1.05. The second-order valence-corrected chi connectivity index (χ2v) is 9.07. The molecule has 2 bridgehead atoms. The zero-order valence-corrected chi connectivity index (χ0v) is 17.4. The monoisotopic (exact) mass is 398 g/mol. The summed E-state index contributed by atoms with van der Waals surface area (Å²) in [7, 11) is 0. The third-order valence-electron chi connectivity index (χ3n) is 7.03. The Labute approximate surface area is 171 Å². The van der Waals surface area contributed by atoms with Crippen LogP contribution in [0.5, 0.6) is 5.75 Å². The first kappa shape index (κ1) is 20.2. The zero-order valence-electron chi connectivity index (χ0n) is 17.4. The van der Waals surface area contributed by atoms with Crippen LogP contribution in [0.15, 0.2) is 51.2 Å². The number of aliphatic hydroxyl groups excluding tert-OH is 1. The Kier molecular flexibility index (Phi) is 5.30. The van der Waals surface area contributed by atoms with Crippen LogP contribution in [0, 0.1) is 11.3 Å². The molecule has 5 heteroatoms. The highest BCUT2D eigenvalue weighted by atomic mass is 16.5. The number of aliphatic hydroxyl groups is 1. The predicted octanol–water partition coefficient (Wildman–Crippen LogP) is 4.46. The summed E-state index contributed by atoms with van der Waals surface area (Å²) in [5.41, 5.74) is 1.18. The first-order valence-corrected chi connectivity index (χ1v) is 10.4. The van der Waals surface area contributed by atoms with Crippen LogP contribution in [0.3, 0.4) is 0 Å². The van der Waals surface area contributed by atoms with Crippen LogP contribution in [0.25, 0.3) is 11.0 Å². The summed E-state index contributed by atoms with van der Waals surface area (Å²) in [4.78, 5) is 11.4. The first-order chi connectivity index (χ1) is 13.8. The van der Waals surface area contributed by atoms with Gasteiger partial charge in [-0.25, -0.2) is 4.79 Å². The van der Waals surface area contributed by atoms with Gasteiger partial charge in [-0.2, -0.15) is 0 Å². The van der Waals surface area contributed by atoms with Crippen molar-refractivity contribution < 1.29 is 19.0 Å². The van der Waals surface area contributed by atoms with Crippen LogP contribution in [0.4, 0.5) is 0 Å². The number of ether oxygens (including phenoxy) is 2. The molecule has 2 heterocycles. The highest BCUT2D eigenvalue weighted by molar-refractivity contribution is 5.77. The maximum absolute atomic E-state index is 11.4. The molecule has 1 aromatic carbocycles. The minimum absolute atomic E-state index is 0.111. The van der Waals surface area contributed by atoms with Crippen LogP contribution in [-0.2, 0) is 4.74 Å². The molecule has 0 amide bonds. The van der Waals surface area contributed by atoms with E-state index in [4.69, 9.17) is 13.9 Å². The molecular formula is C24H30O5. The normalized spacial score (nSPS) is 31.9. The summed E-state index contributed by atoms with van der Waals surface area (Å²) in [6, 6.07) is 8.68. The predicted molar refractivity (Wildman–Crippen MR) is 112 cm³/mol. The first-order valence-electron chi connectivity index (χ1n) is 10.4. The van der Waals surface area contributed by atoms with Gasteiger partial charge in [0.25, 0.3) is 0 Å². The summed E-state index contributed by atoms with van der Waals surface area (Å²) in [5, 5.41) is 11.4. The second kappa shape index (κ2) is 7.62. The fourth-order valence-electron chi connectivity index (χ4n) is 5.07. The average molecular weight is 398 g/mol. The van der Waals surface area contributed by atoms with Crippen molar-refractivity contribution in [3.8, 4) is 5.75 Å². The van der Waals surface area contributed by atoms with Crippen molar-refractivity contribution in [2.45, 2.75) is 58.2 Å². The lowest BCUT2D eigenvalue weighted by molar-refractivity contribution is -0.0578. The van der Waals surface area contributed by atoms with Gasteiger partial charge >= 0.3 is 5.63 Å². The van der Waals surface area contributed by atoms with E-state index in [0.717, 1.165) is 31.1 Å². The van der Waals surface area contributed by atoms with Gasteiger partial charge in [0.15, 0.2) is 0 Å². The maximum Gasteiger partial charge on any atom is 0.336 e. The highest BCUT2D eigenvalue weighted by Crippen LogP contribution is 2.56. The van der Waals surface area contributed by atoms with E-state index in [-0.39, 0.29) is 22.7 Å². The summed E-state index contributed by atoms with van der Waals surface area (Å²) >= 11 is 0. The number of benzene rings is 1. The molecule has 1 aliphatic heterocycles. The van der Waals surface area contributed by atoms with Gasteiger partial charge in [0.2, 0.25) is 0 Å². The minimum Gasteiger partial charge on any atom is -0.489 e. The topological polar surface area (TPSA) is 68.9 Å². The Hall–Kier alpha value is -2.11. The molecule has 4 atom stereocenters. The maximum atomic E-state index is 11.4. The lowest BCUT2D eigenvalue weighted by atomic mass is 9.60. The van der Waals surface area contributed by atoms with Crippen LogP contribution in [-0.4, -0.2) is 30.0 Å². The smallest absolute Gasteiger partial charge is 0.336 e. The molecule has 29 heavy (non-hydrogen) atoms. The standard InChI is InChI=1S/C24H30O5/c1-16(4-8-20-23(2)15-28-24(20,3)12-10-21(23)25)11-13-27-18-7-5-17-6-9-22(26)29-19(17)14-18/h5-7,9,11,14,20-21,25H,4,8,10,12-13,15H2,1-3H3. The van der Waals surface area contributed by atoms with E-state index in [9.17, 15) is 9.90 Å². The van der Waals surface area contributed by atoms with Crippen molar-refractivity contribution in [3.63, 3.8) is 0 Å². The summed E-state index contributed by atoms with van der Waals surface area (Å²) < 4.78 is 17.2. The second-order valence-electron chi connectivity index (χ2n) is 9.07. The Bertz CT molecular complexity index is 973. The molecular weight excluding hydrogens is 368 g/mol. The number of fused-ring (bicyclic) bond motifs is 3. The number of rotatable bonds is 6. The molecule has 0 spiro atoms. The van der Waals surface area contributed by atoms with Crippen LogP contribution >= 0.6 is 0 Å². The molecule has 2 aliphatic rings. The molecule has 1 saturated heterocycles. The average Bonchev–Trinajstić information content (AvgIpc) is 2.89. The lowest BCUT2D eigenvalue weighted by Gasteiger charge is -2.45. The molecule has 1 saturated carbocycles. The van der Waals surface area contributed by atoms with E-state index in [1.807, 2.05) is 12.1 Å². The fourth-order valence-corrected chi connectivity index (χ4v) is 5.07. The summed E-state index contributed by atoms with van der Waals surface area (Å²) in [6.07, 6.45) is 5.55. The van der Waals surface area contributed by atoms with E-state index < -0.39 is 0 Å². The molecule has 1 aromatic heterocycles. The quantitative estimate of drug-likeness (QED) is 0.575. The molecule has 0 radical (unpaired) electrons. The van der Waals surface area contributed by atoms with Gasteiger partial charge < -0.3 is 19.0 Å². The van der Waals surface area contributed by atoms with E-state index in [0.29, 0.717) is 30.5 Å². The minimum atomic E-state index is -0.362. The van der Waals surface area contributed by atoms with E-state index in [2.05, 4.69) is 26.8 Å². The van der Waals surface area contributed by atoms with E-state index in [1.165, 1.54) is 11.6 Å². The van der Waals surface area contributed by atoms with E-state index in [1.54, 1.807) is 12.1 Å². The SMILES string of the molecule is CC(=CCOc1ccc2ccc(=O)oc2c1)CCC1C2(C)CCC(O)C1(C)CO2. The Morgan fingerprint density at radius 2 is 2.10 bits per heavy atom. The molecule has 1 aliphatic carbocycles. The lowest BCUT2D eigenvalue weighted by Crippen LogP contribution is -2.49. The Balaban J connectivity index is 1.35. The third-order valence-corrected chi connectivity index (χ3v) is 7.03. The van der Waals surface area contributed by atoms with Crippen LogP contribution in [0.1, 0.15) is 46.5 Å². The van der Waals surface area contributed by atoms with Crippen LogP contribution in [0.2, 0.25) is 0 Å². The van der Waals surface area contributed by atoms with Gasteiger partial charge in [-0.15, -0.1) is 0 Å². The van der Waals surface area contributed by atoms with Gasteiger partial charge in [-0.05, 0) is 69.7 Å². The fraction of sp³-hybridized carbons (Fsp3) is 0.542.